The van der Waals surface area contributed by atoms with Crippen LogP contribution in [0.25, 0.3) is 22.3 Å². The Balaban J connectivity index is 1.66. The summed E-state index contributed by atoms with van der Waals surface area (Å²) in [6, 6.07) is 12.7. The maximum atomic E-state index is 14.6. The van der Waals surface area contributed by atoms with Gasteiger partial charge in [0.05, 0.1) is 11.2 Å². The number of aromatic nitrogens is 3. The molecule has 0 bridgehead atoms. The van der Waals surface area contributed by atoms with Gasteiger partial charge in [-0.3, -0.25) is 0 Å². The number of halogens is 4. The van der Waals surface area contributed by atoms with Crippen molar-refractivity contribution in [1.82, 2.24) is 14.5 Å². The van der Waals surface area contributed by atoms with Crippen LogP contribution in [0, 0.1) is 18.7 Å². The largest absolute Gasteiger partial charge is 0.573 e. The fourth-order valence-corrected chi connectivity index (χ4v) is 4.88. The van der Waals surface area contributed by atoms with Crippen molar-refractivity contribution < 1.29 is 32.2 Å². The molecule has 5 rings (SSSR count). The molecule has 0 amide bonds. The molecule has 1 aliphatic carbocycles. The summed E-state index contributed by atoms with van der Waals surface area (Å²) in [5.41, 5.74) is 3.71. The molecular formula is C28H26F4N4O3. The van der Waals surface area contributed by atoms with Gasteiger partial charge < -0.3 is 19.7 Å². The zero-order chi connectivity index (χ0) is 27.9. The number of anilines is 1. The Bertz CT molecular complexity index is 1550. The number of nitrogens with zero attached hydrogens (tertiary/aromatic N) is 3. The number of hydrogen-bond donors (Lipinski definition) is 2. The number of fused-ring (bicyclic) bond motifs is 1. The van der Waals surface area contributed by atoms with Crippen LogP contribution < -0.4 is 10.1 Å². The second-order valence-electron chi connectivity index (χ2n) is 9.86. The van der Waals surface area contributed by atoms with Crippen molar-refractivity contribution in [3.05, 3.63) is 71.3 Å². The summed E-state index contributed by atoms with van der Waals surface area (Å²) in [6.07, 6.45) is -1.79. The van der Waals surface area contributed by atoms with Crippen LogP contribution in [0.3, 0.4) is 0 Å². The van der Waals surface area contributed by atoms with Crippen LogP contribution in [0.15, 0.2) is 48.5 Å². The van der Waals surface area contributed by atoms with E-state index < -0.39 is 23.9 Å². The SMILES string of the molecule is Cc1cccc(-c2cc3nc(C(=O)O)nc(N[C@H](C)C4CCC4)c3n2Cc2ccc(OC(F)(F)F)c(F)c2)c1. The van der Waals surface area contributed by atoms with Crippen LogP contribution in [-0.2, 0) is 6.54 Å². The van der Waals surface area contributed by atoms with Crippen molar-refractivity contribution in [3.63, 3.8) is 0 Å². The van der Waals surface area contributed by atoms with E-state index in [1.807, 2.05) is 42.7 Å². The molecule has 4 aromatic rings. The van der Waals surface area contributed by atoms with Gasteiger partial charge in [-0.25, -0.2) is 19.2 Å². The summed E-state index contributed by atoms with van der Waals surface area (Å²) >= 11 is 0. The molecule has 2 aromatic heterocycles. The van der Waals surface area contributed by atoms with E-state index in [1.54, 1.807) is 6.07 Å². The number of carboxylic acids is 1. The molecule has 0 aliphatic heterocycles. The minimum Gasteiger partial charge on any atom is -0.475 e. The van der Waals surface area contributed by atoms with Gasteiger partial charge in [-0.05, 0) is 68.0 Å². The lowest BCUT2D eigenvalue weighted by atomic mass is 9.80. The van der Waals surface area contributed by atoms with Crippen LogP contribution in [0.1, 0.15) is 47.9 Å². The van der Waals surface area contributed by atoms with Gasteiger partial charge in [0.25, 0.3) is 0 Å². The molecule has 1 fully saturated rings. The maximum absolute atomic E-state index is 14.6. The molecule has 0 saturated heterocycles. The number of nitrogens with one attached hydrogen (secondary N) is 1. The Morgan fingerprint density at radius 1 is 1.18 bits per heavy atom. The van der Waals surface area contributed by atoms with Crippen LogP contribution in [0.2, 0.25) is 0 Å². The Morgan fingerprint density at radius 3 is 2.56 bits per heavy atom. The smallest absolute Gasteiger partial charge is 0.475 e. The zero-order valence-electron chi connectivity index (χ0n) is 21.2. The number of benzene rings is 2. The molecule has 1 atom stereocenters. The molecule has 2 heterocycles. The fourth-order valence-electron chi connectivity index (χ4n) is 4.88. The van der Waals surface area contributed by atoms with E-state index in [0.29, 0.717) is 34.0 Å². The topological polar surface area (TPSA) is 89.3 Å². The predicted octanol–water partition coefficient (Wildman–Crippen LogP) is 6.79. The summed E-state index contributed by atoms with van der Waals surface area (Å²) in [6.45, 7) is 4.00. The van der Waals surface area contributed by atoms with Crippen molar-refractivity contribution in [2.75, 3.05) is 5.32 Å². The van der Waals surface area contributed by atoms with E-state index in [0.717, 1.165) is 42.5 Å². The van der Waals surface area contributed by atoms with Gasteiger partial charge in [0.1, 0.15) is 5.52 Å². The molecule has 2 aromatic carbocycles. The van der Waals surface area contributed by atoms with Crippen LogP contribution in [0.4, 0.5) is 23.4 Å². The van der Waals surface area contributed by atoms with Crippen molar-refractivity contribution >= 4 is 22.8 Å². The highest BCUT2D eigenvalue weighted by atomic mass is 19.4. The first kappa shape index (κ1) is 26.5. The van der Waals surface area contributed by atoms with E-state index in [9.17, 15) is 27.5 Å². The summed E-state index contributed by atoms with van der Waals surface area (Å²) in [5.74, 6) is -2.97. The average Bonchev–Trinajstić information content (AvgIpc) is 3.17. The Morgan fingerprint density at radius 2 is 1.95 bits per heavy atom. The van der Waals surface area contributed by atoms with Crippen molar-refractivity contribution in [2.45, 2.75) is 52.1 Å². The van der Waals surface area contributed by atoms with Gasteiger partial charge in [-0.1, -0.05) is 36.2 Å². The van der Waals surface area contributed by atoms with Gasteiger partial charge in [-0.2, -0.15) is 0 Å². The molecule has 204 valence electrons. The molecule has 0 spiro atoms. The molecule has 0 unspecified atom stereocenters. The van der Waals surface area contributed by atoms with Gasteiger partial charge in [0.15, 0.2) is 17.4 Å². The second-order valence-corrected chi connectivity index (χ2v) is 9.86. The number of carbonyl (C=O) groups is 1. The minimum atomic E-state index is -5.02. The normalized spacial score (nSPS) is 14.7. The molecular weight excluding hydrogens is 516 g/mol. The highest BCUT2D eigenvalue weighted by molar-refractivity contribution is 5.95. The lowest BCUT2D eigenvalue weighted by Crippen LogP contribution is -2.31. The van der Waals surface area contributed by atoms with Crippen LogP contribution in [0.5, 0.6) is 5.75 Å². The average molecular weight is 543 g/mol. The van der Waals surface area contributed by atoms with Gasteiger partial charge >= 0.3 is 12.3 Å². The van der Waals surface area contributed by atoms with Crippen molar-refractivity contribution in [1.29, 1.82) is 0 Å². The lowest BCUT2D eigenvalue weighted by Gasteiger charge is -2.32. The molecule has 11 heteroatoms. The third kappa shape index (κ3) is 5.67. The number of aryl methyl sites for hydroxylation is 1. The van der Waals surface area contributed by atoms with E-state index in [1.165, 1.54) is 6.07 Å². The van der Waals surface area contributed by atoms with Gasteiger partial charge in [0.2, 0.25) is 5.82 Å². The molecule has 1 aliphatic rings. The summed E-state index contributed by atoms with van der Waals surface area (Å²) in [4.78, 5) is 20.4. The van der Waals surface area contributed by atoms with Crippen molar-refractivity contribution in [2.24, 2.45) is 5.92 Å². The third-order valence-corrected chi connectivity index (χ3v) is 7.03. The van der Waals surface area contributed by atoms with Gasteiger partial charge in [0, 0.05) is 12.6 Å². The lowest BCUT2D eigenvalue weighted by molar-refractivity contribution is -0.275. The second kappa shape index (κ2) is 10.2. The molecule has 39 heavy (non-hydrogen) atoms. The Labute approximate surface area is 221 Å². The first-order chi connectivity index (χ1) is 18.5. The quantitative estimate of drug-likeness (QED) is 0.238. The van der Waals surface area contributed by atoms with Crippen LogP contribution >= 0.6 is 0 Å². The highest BCUT2D eigenvalue weighted by Crippen LogP contribution is 2.36. The molecule has 7 nitrogen and oxygen atoms in total. The monoisotopic (exact) mass is 542 g/mol. The summed E-state index contributed by atoms with van der Waals surface area (Å²) in [7, 11) is 0. The summed E-state index contributed by atoms with van der Waals surface area (Å²) < 4.78 is 58.1. The van der Waals surface area contributed by atoms with E-state index in [2.05, 4.69) is 20.0 Å². The number of hydrogen-bond acceptors (Lipinski definition) is 5. The molecule has 2 N–H and O–H groups in total. The Kier molecular flexibility index (Phi) is 6.92. The first-order valence-electron chi connectivity index (χ1n) is 12.5. The number of carboxylic acid groups (broad SMARTS) is 1. The number of alkyl halides is 3. The number of aromatic carboxylic acids is 1. The molecule has 1 saturated carbocycles. The van der Waals surface area contributed by atoms with E-state index in [4.69, 9.17) is 0 Å². The number of rotatable bonds is 8. The molecule has 0 radical (unpaired) electrons. The first-order valence-corrected chi connectivity index (χ1v) is 12.5. The van der Waals surface area contributed by atoms with Crippen molar-refractivity contribution in [3.8, 4) is 17.0 Å². The van der Waals surface area contributed by atoms with E-state index >= 15 is 0 Å². The fraction of sp³-hybridized carbons (Fsp3) is 0.321. The predicted molar refractivity (Wildman–Crippen MR) is 137 cm³/mol. The minimum absolute atomic E-state index is 0.0144. The standard InChI is InChI=1S/C28H26F4N4O3/c1-15-5-3-8-19(11-15)22-13-21-24(25(35-26(34-21)27(37)38)33-16(2)18-6-4-7-18)36(22)14-17-9-10-23(20(29)12-17)39-28(30,31)32/h3,5,8-13,16,18H,4,6-7,14H2,1-2H3,(H,37,38)(H,33,34,35)/t16-/m1/s1. The zero-order valence-corrected chi connectivity index (χ0v) is 21.2. The summed E-state index contributed by atoms with van der Waals surface area (Å²) in [5, 5.41) is 13.1. The highest BCUT2D eigenvalue weighted by Gasteiger charge is 2.32. The van der Waals surface area contributed by atoms with E-state index in [-0.39, 0.29) is 18.4 Å². The van der Waals surface area contributed by atoms with Gasteiger partial charge in [-0.15, -0.1) is 13.2 Å². The third-order valence-electron chi connectivity index (χ3n) is 7.03. The Hall–Kier alpha value is -4.15. The van der Waals surface area contributed by atoms with Crippen LogP contribution in [-0.4, -0.2) is 38.0 Å². The number of ether oxygens (including phenoxy) is 1. The maximum Gasteiger partial charge on any atom is 0.573 e.